The first kappa shape index (κ1) is 17.9. The van der Waals surface area contributed by atoms with Gasteiger partial charge in [-0.15, -0.1) is 0 Å². The Hall–Kier alpha value is -3.91. The van der Waals surface area contributed by atoms with Crippen molar-refractivity contribution in [3.05, 3.63) is 95.1 Å². The zero-order chi connectivity index (χ0) is 19.2. The number of benzene rings is 3. The molecule has 3 rings (SSSR count). The fraction of sp³-hybridized carbons (Fsp3) is 0.0455. The molecule has 27 heavy (non-hydrogen) atoms. The van der Waals surface area contributed by atoms with Crippen LogP contribution in [0.15, 0.2) is 72.8 Å². The van der Waals surface area contributed by atoms with Gasteiger partial charge in [0, 0.05) is 23.2 Å². The van der Waals surface area contributed by atoms with Crippen molar-refractivity contribution >= 4 is 11.8 Å². The van der Waals surface area contributed by atoms with Gasteiger partial charge in [-0.25, -0.2) is 0 Å². The molecular formula is C22H17N3O2. The van der Waals surface area contributed by atoms with E-state index in [9.17, 15) is 14.9 Å². The van der Waals surface area contributed by atoms with Gasteiger partial charge in [0.25, 0.3) is 5.91 Å². The fourth-order valence-electron chi connectivity index (χ4n) is 2.84. The van der Waals surface area contributed by atoms with E-state index in [0.29, 0.717) is 27.8 Å². The third-order valence-corrected chi connectivity index (χ3v) is 4.17. The Kier molecular flexibility index (Phi) is 5.29. The molecule has 0 aliphatic heterocycles. The summed E-state index contributed by atoms with van der Waals surface area (Å²) in [5.41, 5.74) is 8.84. The zero-order valence-electron chi connectivity index (χ0n) is 14.5. The molecule has 0 bridgehead atoms. The van der Waals surface area contributed by atoms with Crippen LogP contribution in [0.5, 0.6) is 0 Å². The number of hydrogen-bond acceptors (Lipinski definition) is 3. The van der Waals surface area contributed by atoms with E-state index in [2.05, 4.69) is 11.4 Å². The van der Waals surface area contributed by atoms with E-state index in [-0.39, 0.29) is 12.5 Å². The molecule has 0 aromatic heterocycles. The average molecular weight is 355 g/mol. The first-order valence-electron chi connectivity index (χ1n) is 8.35. The second-order valence-corrected chi connectivity index (χ2v) is 5.95. The highest BCUT2D eigenvalue weighted by Crippen LogP contribution is 2.26. The number of nitriles is 1. The Morgan fingerprint density at radius 1 is 0.926 bits per heavy atom. The zero-order valence-corrected chi connectivity index (χ0v) is 14.5. The number of nitrogens with two attached hydrogens (primary N) is 1. The van der Waals surface area contributed by atoms with Crippen LogP contribution in [0.2, 0.25) is 0 Å². The number of amides is 2. The van der Waals surface area contributed by atoms with Crippen LogP contribution in [-0.4, -0.2) is 11.8 Å². The van der Waals surface area contributed by atoms with E-state index in [1.807, 2.05) is 30.3 Å². The van der Waals surface area contributed by atoms with Crippen LogP contribution >= 0.6 is 0 Å². The molecule has 132 valence electrons. The Labute approximate surface area is 157 Å². The van der Waals surface area contributed by atoms with E-state index in [1.165, 1.54) is 0 Å². The van der Waals surface area contributed by atoms with E-state index in [4.69, 9.17) is 5.73 Å². The summed E-state index contributed by atoms with van der Waals surface area (Å²) < 4.78 is 0. The van der Waals surface area contributed by atoms with Crippen molar-refractivity contribution in [3.8, 4) is 17.2 Å². The minimum atomic E-state index is -0.512. The number of rotatable bonds is 5. The molecule has 3 aromatic rings. The summed E-state index contributed by atoms with van der Waals surface area (Å²) in [7, 11) is 0. The number of carbonyl (C=O) groups is 2. The van der Waals surface area contributed by atoms with Crippen LogP contribution < -0.4 is 11.1 Å². The van der Waals surface area contributed by atoms with Gasteiger partial charge in [-0.1, -0.05) is 48.5 Å². The van der Waals surface area contributed by atoms with Crippen molar-refractivity contribution in [1.82, 2.24) is 5.32 Å². The van der Waals surface area contributed by atoms with Crippen LogP contribution in [0.25, 0.3) is 11.1 Å². The van der Waals surface area contributed by atoms with Crippen molar-refractivity contribution in [1.29, 1.82) is 5.26 Å². The number of nitrogens with one attached hydrogen (secondary N) is 1. The lowest BCUT2D eigenvalue weighted by atomic mass is 9.95. The Morgan fingerprint density at radius 3 is 2.37 bits per heavy atom. The second kappa shape index (κ2) is 7.98. The van der Waals surface area contributed by atoms with Crippen molar-refractivity contribution in [2.75, 3.05) is 0 Å². The van der Waals surface area contributed by atoms with E-state index < -0.39 is 5.91 Å². The minimum absolute atomic E-state index is 0.258. The van der Waals surface area contributed by atoms with Gasteiger partial charge in [-0.05, 0) is 35.4 Å². The molecule has 5 nitrogen and oxygen atoms in total. The molecule has 0 saturated heterocycles. The van der Waals surface area contributed by atoms with E-state index in [0.717, 1.165) is 5.56 Å². The number of nitrogens with zero attached hydrogens (tertiary/aromatic N) is 1. The smallest absolute Gasteiger partial charge is 0.252 e. The lowest BCUT2D eigenvalue weighted by Crippen LogP contribution is -2.23. The van der Waals surface area contributed by atoms with Crippen LogP contribution in [0.3, 0.4) is 0 Å². The molecule has 0 fully saturated rings. The molecule has 2 amide bonds. The van der Waals surface area contributed by atoms with Gasteiger partial charge in [0.2, 0.25) is 5.91 Å². The first-order chi connectivity index (χ1) is 13.1. The maximum Gasteiger partial charge on any atom is 0.252 e. The highest BCUT2D eigenvalue weighted by atomic mass is 16.2. The van der Waals surface area contributed by atoms with Crippen molar-refractivity contribution in [2.45, 2.75) is 6.54 Å². The maximum atomic E-state index is 12.7. The summed E-state index contributed by atoms with van der Waals surface area (Å²) in [4.78, 5) is 24.0. The SMILES string of the molecule is N#Cc1ccccc1-c1ccccc1C(=O)NCc1cccc(C(N)=O)c1. The number of primary amides is 1. The molecule has 0 aliphatic carbocycles. The Balaban J connectivity index is 1.85. The van der Waals surface area contributed by atoms with Gasteiger partial charge in [-0.3, -0.25) is 9.59 Å². The first-order valence-corrected chi connectivity index (χ1v) is 8.35. The molecule has 3 N–H and O–H groups in total. The van der Waals surface area contributed by atoms with Crippen molar-refractivity contribution in [2.24, 2.45) is 5.73 Å². The average Bonchev–Trinajstić information content (AvgIpc) is 2.72. The third kappa shape index (κ3) is 4.02. The van der Waals surface area contributed by atoms with E-state index >= 15 is 0 Å². The summed E-state index contributed by atoms with van der Waals surface area (Å²) in [5, 5.41) is 12.2. The largest absolute Gasteiger partial charge is 0.366 e. The molecular weight excluding hydrogens is 338 g/mol. The molecule has 0 saturated carbocycles. The molecule has 0 heterocycles. The predicted octanol–water partition coefficient (Wildman–Crippen LogP) is 3.25. The number of hydrogen-bond donors (Lipinski definition) is 2. The topological polar surface area (TPSA) is 96.0 Å². The molecule has 0 spiro atoms. The van der Waals surface area contributed by atoms with Crippen LogP contribution in [0.1, 0.15) is 31.8 Å². The van der Waals surface area contributed by atoms with Crippen LogP contribution in [0, 0.1) is 11.3 Å². The molecule has 0 atom stereocenters. The summed E-state index contributed by atoms with van der Waals surface area (Å²) >= 11 is 0. The van der Waals surface area contributed by atoms with Gasteiger partial charge in [0.05, 0.1) is 11.6 Å². The lowest BCUT2D eigenvalue weighted by molar-refractivity contribution is 0.0951. The molecule has 0 radical (unpaired) electrons. The highest BCUT2D eigenvalue weighted by molar-refractivity contribution is 6.01. The Morgan fingerprint density at radius 2 is 1.63 bits per heavy atom. The summed E-state index contributed by atoms with van der Waals surface area (Å²) in [6.45, 7) is 0.258. The monoisotopic (exact) mass is 355 g/mol. The normalized spacial score (nSPS) is 10.0. The lowest BCUT2D eigenvalue weighted by Gasteiger charge is -2.12. The molecule has 0 unspecified atom stereocenters. The summed E-state index contributed by atoms with van der Waals surface area (Å²) in [6.07, 6.45) is 0. The predicted molar refractivity (Wildman–Crippen MR) is 103 cm³/mol. The standard InChI is InChI=1S/C22H17N3O2/c23-13-17-7-1-2-9-18(17)19-10-3-4-11-20(19)22(27)25-14-15-6-5-8-16(12-15)21(24)26/h1-12H,14H2,(H2,24,26)(H,25,27). The van der Waals surface area contributed by atoms with Crippen LogP contribution in [0.4, 0.5) is 0 Å². The van der Waals surface area contributed by atoms with Gasteiger partial charge in [-0.2, -0.15) is 5.26 Å². The fourth-order valence-corrected chi connectivity index (χ4v) is 2.84. The van der Waals surface area contributed by atoms with Gasteiger partial charge < -0.3 is 11.1 Å². The van der Waals surface area contributed by atoms with Gasteiger partial charge in [0.15, 0.2) is 0 Å². The van der Waals surface area contributed by atoms with E-state index in [1.54, 1.807) is 42.5 Å². The quantitative estimate of drug-likeness (QED) is 0.735. The highest BCUT2D eigenvalue weighted by Gasteiger charge is 2.14. The summed E-state index contributed by atoms with van der Waals surface area (Å²) in [5.74, 6) is -0.774. The molecule has 0 aliphatic rings. The molecule has 5 heteroatoms. The maximum absolute atomic E-state index is 12.7. The second-order valence-electron chi connectivity index (χ2n) is 5.95. The third-order valence-electron chi connectivity index (χ3n) is 4.17. The number of carbonyl (C=O) groups excluding carboxylic acids is 2. The van der Waals surface area contributed by atoms with Gasteiger partial charge in [0.1, 0.15) is 0 Å². The van der Waals surface area contributed by atoms with Crippen LogP contribution in [-0.2, 0) is 6.54 Å². The van der Waals surface area contributed by atoms with Crippen molar-refractivity contribution < 1.29 is 9.59 Å². The molecule has 3 aromatic carbocycles. The summed E-state index contributed by atoms with van der Waals surface area (Å²) in [6, 6.07) is 23.3. The Bertz CT molecular complexity index is 1050. The van der Waals surface area contributed by atoms with Gasteiger partial charge >= 0.3 is 0 Å². The minimum Gasteiger partial charge on any atom is -0.366 e. The van der Waals surface area contributed by atoms with Crippen molar-refractivity contribution in [3.63, 3.8) is 0 Å².